The first-order chi connectivity index (χ1) is 6.34. The molecule has 0 fully saturated rings. The van der Waals surface area contributed by atoms with Crippen LogP contribution in [0.1, 0.15) is 10.4 Å². The van der Waals surface area contributed by atoms with E-state index in [9.17, 15) is 4.79 Å². The van der Waals surface area contributed by atoms with Gasteiger partial charge in [0.15, 0.2) is 0 Å². The molecule has 1 N–H and O–H groups in total. The smallest absolute Gasteiger partial charge is 0.255 e. The summed E-state index contributed by atoms with van der Waals surface area (Å²) in [5.41, 5.74) is 0.649. The molecular weight excluding hydrogens is 162 g/mol. The van der Waals surface area contributed by atoms with Crippen molar-refractivity contribution in [1.82, 2.24) is 5.32 Å². The summed E-state index contributed by atoms with van der Waals surface area (Å²) < 4.78 is 0. The molecule has 0 radical (unpaired) electrons. The molecule has 0 saturated carbocycles. The maximum Gasteiger partial charge on any atom is 0.255 e. The molecule has 0 aromatic heterocycles. The molecule has 0 aliphatic carbocycles. The minimum Gasteiger partial charge on any atom is -0.329 e. The second-order valence-electron chi connectivity index (χ2n) is 2.43. The van der Waals surface area contributed by atoms with Crippen LogP contribution in [-0.2, 0) is 0 Å². The molecule has 1 aromatic carbocycles. The number of hydrogen-bond donors (Lipinski definition) is 1. The average Bonchev–Trinajstić information content (AvgIpc) is 2.19. The van der Waals surface area contributed by atoms with E-state index in [1.807, 2.05) is 18.2 Å². The quantitative estimate of drug-likeness (QED) is 0.697. The van der Waals surface area contributed by atoms with E-state index in [4.69, 9.17) is 0 Å². The van der Waals surface area contributed by atoms with E-state index in [0.29, 0.717) is 5.56 Å². The number of hydrogen-bond acceptors (Lipinski definition) is 1. The molecule has 0 aliphatic heterocycles. The van der Waals surface area contributed by atoms with Crippen molar-refractivity contribution < 1.29 is 4.79 Å². The zero-order chi connectivity index (χ0) is 9.52. The van der Waals surface area contributed by atoms with Crippen molar-refractivity contribution in [2.75, 3.05) is 0 Å². The Morgan fingerprint density at radius 1 is 1.31 bits per heavy atom. The molecule has 0 saturated heterocycles. The van der Waals surface area contributed by atoms with E-state index in [-0.39, 0.29) is 5.91 Å². The third kappa shape index (κ3) is 2.95. The first-order valence-electron chi connectivity index (χ1n) is 3.98. The molecule has 0 aliphatic rings. The summed E-state index contributed by atoms with van der Waals surface area (Å²) in [6.45, 7) is 3.49. The highest BCUT2D eigenvalue weighted by Gasteiger charge is 1.99. The van der Waals surface area contributed by atoms with Crippen molar-refractivity contribution in [3.05, 3.63) is 60.8 Å². The first kappa shape index (κ1) is 9.26. The van der Waals surface area contributed by atoms with Crippen LogP contribution in [0.4, 0.5) is 0 Å². The highest BCUT2D eigenvalue weighted by molar-refractivity contribution is 5.94. The van der Waals surface area contributed by atoms with Gasteiger partial charge in [-0.15, -0.1) is 0 Å². The number of benzene rings is 1. The second kappa shape index (κ2) is 4.93. The van der Waals surface area contributed by atoms with E-state index >= 15 is 0 Å². The second-order valence-corrected chi connectivity index (χ2v) is 2.43. The molecule has 1 amide bonds. The van der Waals surface area contributed by atoms with E-state index in [1.54, 1.807) is 30.5 Å². The molecule has 2 nitrogen and oxygen atoms in total. The fraction of sp³-hybridized carbons (Fsp3) is 0. The van der Waals surface area contributed by atoms with Gasteiger partial charge in [-0.1, -0.05) is 30.9 Å². The molecule has 0 bridgehead atoms. The highest BCUT2D eigenvalue weighted by atomic mass is 16.1. The fourth-order valence-electron chi connectivity index (χ4n) is 0.865. The van der Waals surface area contributed by atoms with Crippen molar-refractivity contribution in [2.45, 2.75) is 0 Å². The maximum absolute atomic E-state index is 11.3. The molecule has 0 heterocycles. The number of carbonyl (C=O) groups is 1. The zero-order valence-electron chi connectivity index (χ0n) is 7.23. The Balaban J connectivity index is 2.59. The molecule has 0 unspecified atom stereocenters. The molecule has 0 spiro atoms. The standard InChI is InChI=1S/C11H11NO/c1-2-3-9-12-11(13)10-7-5-4-6-8-10/h2-9H,1H2,(H,12,13). The van der Waals surface area contributed by atoms with Gasteiger partial charge in [0.25, 0.3) is 5.91 Å². The van der Waals surface area contributed by atoms with Crippen molar-refractivity contribution in [2.24, 2.45) is 0 Å². The summed E-state index contributed by atoms with van der Waals surface area (Å²) in [7, 11) is 0. The Hall–Kier alpha value is -1.83. The van der Waals surface area contributed by atoms with Crippen molar-refractivity contribution in [3.63, 3.8) is 0 Å². The number of nitrogens with one attached hydrogen (secondary N) is 1. The van der Waals surface area contributed by atoms with Crippen LogP contribution < -0.4 is 5.32 Å². The molecule has 1 aromatic rings. The fourth-order valence-corrected chi connectivity index (χ4v) is 0.865. The van der Waals surface area contributed by atoms with Crippen molar-refractivity contribution in [1.29, 1.82) is 0 Å². The monoisotopic (exact) mass is 173 g/mol. The van der Waals surface area contributed by atoms with Gasteiger partial charge in [0, 0.05) is 11.8 Å². The van der Waals surface area contributed by atoms with Crippen LogP contribution in [0, 0.1) is 0 Å². The third-order valence-electron chi connectivity index (χ3n) is 1.48. The Morgan fingerprint density at radius 3 is 2.62 bits per heavy atom. The lowest BCUT2D eigenvalue weighted by Crippen LogP contribution is -2.16. The normalized spacial score (nSPS) is 9.85. The minimum atomic E-state index is -0.112. The SMILES string of the molecule is C=CC=CNC(=O)c1ccccc1. The zero-order valence-corrected chi connectivity index (χ0v) is 7.23. The minimum absolute atomic E-state index is 0.112. The van der Waals surface area contributed by atoms with Crippen LogP contribution >= 0.6 is 0 Å². The molecule has 2 heteroatoms. The van der Waals surface area contributed by atoms with Crippen molar-refractivity contribution in [3.8, 4) is 0 Å². The van der Waals surface area contributed by atoms with Gasteiger partial charge in [0.2, 0.25) is 0 Å². The van der Waals surface area contributed by atoms with E-state index in [2.05, 4.69) is 11.9 Å². The van der Waals surface area contributed by atoms with Crippen LogP contribution in [0.3, 0.4) is 0 Å². The number of rotatable bonds is 3. The third-order valence-corrected chi connectivity index (χ3v) is 1.48. The predicted molar refractivity (Wildman–Crippen MR) is 53.2 cm³/mol. The van der Waals surface area contributed by atoms with Gasteiger partial charge < -0.3 is 5.32 Å². The largest absolute Gasteiger partial charge is 0.329 e. The van der Waals surface area contributed by atoms with Crippen LogP contribution in [0.15, 0.2) is 55.3 Å². The average molecular weight is 173 g/mol. The van der Waals surface area contributed by atoms with Crippen LogP contribution in [-0.4, -0.2) is 5.91 Å². The van der Waals surface area contributed by atoms with Gasteiger partial charge >= 0.3 is 0 Å². The summed E-state index contributed by atoms with van der Waals surface area (Å²) in [6.07, 6.45) is 4.83. The van der Waals surface area contributed by atoms with Gasteiger partial charge in [0.05, 0.1) is 0 Å². The lowest BCUT2D eigenvalue weighted by Gasteiger charge is -1.97. The number of allylic oxidation sites excluding steroid dienone is 2. The van der Waals surface area contributed by atoms with Gasteiger partial charge in [-0.25, -0.2) is 0 Å². The topological polar surface area (TPSA) is 29.1 Å². The molecule has 13 heavy (non-hydrogen) atoms. The highest BCUT2D eigenvalue weighted by Crippen LogP contribution is 1.97. The Morgan fingerprint density at radius 2 is 2.00 bits per heavy atom. The first-order valence-corrected chi connectivity index (χ1v) is 3.98. The van der Waals surface area contributed by atoms with E-state index in [1.165, 1.54) is 0 Å². The summed E-state index contributed by atoms with van der Waals surface area (Å²) >= 11 is 0. The number of carbonyl (C=O) groups excluding carboxylic acids is 1. The van der Waals surface area contributed by atoms with Crippen LogP contribution in [0.5, 0.6) is 0 Å². The summed E-state index contributed by atoms with van der Waals surface area (Å²) in [4.78, 5) is 11.3. The van der Waals surface area contributed by atoms with Gasteiger partial charge in [-0.2, -0.15) is 0 Å². The predicted octanol–water partition coefficient (Wildman–Crippen LogP) is 2.12. The summed E-state index contributed by atoms with van der Waals surface area (Å²) in [5, 5.41) is 2.61. The molecule has 0 atom stereocenters. The molecular formula is C11H11NO. The molecule has 1 rings (SSSR count). The summed E-state index contributed by atoms with van der Waals surface area (Å²) in [6, 6.07) is 9.04. The van der Waals surface area contributed by atoms with Gasteiger partial charge in [0.1, 0.15) is 0 Å². The summed E-state index contributed by atoms with van der Waals surface area (Å²) in [5.74, 6) is -0.112. The van der Waals surface area contributed by atoms with Crippen LogP contribution in [0.25, 0.3) is 0 Å². The van der Waals surface area contributed by atoms with E-state index in [0.717, 1.165) is 0 Å². The van der Waals surface area contributed by atoms with Crippen molar-refractivity contribution >= 4 is 5.91 Å². The van der Waals surface area contributed by atoms with Crippen LogP contribution in [0.2, 0.25) is 0 Å². The maximum atomic E-state index is 11.3. The molecule has 66 valence electrons. The van der Waals surface area contributed by atoms with Gasteiger partial charge in [-0.05, 0) is 18.2 Å². The Labute approximate surface area is 77.6 Å². The lowest BCUT2D eigenvalue weighted by molar-refractivity contribution is 0.0970. The lowest BCUT2D eigenvalue weighted by atomic mass is 10.2. The Bertz CT molecular complexity index is 314. The number of amides is 1. The van der Waals surface area contributed by atoms with Gasteiger partial charge in [-0.3, -0.25) is 4.79 Å². The Kier molecular flexibility index (Phi) is 3.51. The van der Waals surface area contributed by atoms with E-state index < -0.39 is 0 Å².